The molecule has 0 N–H and O–H groups in total. The molecule has 0 atom stereocenters. The van der Waals surface area contributed by atoms with Crippen molar-refractivity contribution in [2.24, 2.45) is 0 Å². The molecule has 0 saturated carbocycles. The smallest absolute Gasteiger partial charge is 0.268 e. The van der Waals surface area contributed by atoms with Gasteiger partial charge in [0.15, 0.2) is 11.6 Å². The lowest BCUT2D eigenvalue weighted by Crippen LogP contribution is -2.01. The number of methoxy groups -OCH3 is 1. The van der Waals surface area contributed by atoms with Crippen LogP contribution in [0, 0.1) is 5.82 Å². The first-order valence-corrected chi connectivity index (χ1v) is 4.79. The van der Waals surface area contributed by atoms with Crippen LogP contribution in [0.3, 0.4) is 0 Å². The van der Waals surface area contributed by atoms with Crippen molar-refractivity contribution in [3.63, 3.8) is 0 Å². The maximum Gasteiger partial charge on any atom is 0.268 e. The lowest BCUT2D eigenvalue weighted by atomic mass is 10.2. The fraction of sp³-hybridized carbons (Fsp3) is 0.375. The van der Waals surface area contributed by atoms with Crippen LogP contribution in [0.25, 0.3) is 0 Å². The van der Waals surface area contributed by atoms with Crippen LogP contribution in [0.2, 0.25) is 0 Å². The van der Waals surface area contributed by atoms with Gasteiger partial charge >= 0.3 is 0 Å². The molecule has 0 unspecified atom stereocenters. The molecule has 1 aromatic heterocycles. The van der Waals surface area contributed by atoms with E-state index < -0.39 is 17.8 Å². The number of hydrogen-bond acceptors (Lipinski definition) is 2. The van der Waals surface area contributed by atoms with E-state index >= 15 is 0 Å². The quantitative estimate of drug-likeness (QED) is 0.787. The van der Waals surface area contributed by atoms with Crippen LogP contribution in [0.5, 0.6) is 5.75 Å². The molecular formula is C8H7BrF3NO. The molecule has 0 amide bonds. The van der Waals surface area contributed by atoms with E-state index in [1.807, 2.05) is 0 Å². The Hall–Kier alpha value is -0.780. The van der Waals surface area contributed by atoms with Gasteiger partial charge in [-0.3, -0.25) is 4.98 Å². The predicted octanol–water partition coefficient (Wildman–Crippen LogP) is 3.06. The van der Waals surface area contributed by atoms with Crippen molar-refractivity contribution in [3.05, 3.63) is 23.3 Å². The Morgan fingerprint density at radius 1 is 1.57 bits per heavy atom. The van der Waals surface area contributed by atoms with Gasteiger partial charge in [0, 0.05) is 11.5 Å². The van der Waals surface area contributed by atoms with E-state index in [-0.39, 0.29) is 16.8 Å². The van der Waals surface area contributed by atoms with Crippen molar-refractivity contribution in [2.75, 3.05) is 7.11 Å². The van der Waals surface area contributed by atoms with Gasteiger partial charge in [-0.25, -0.2) is 13.2 Å². The molecule has 1 rings (SSSR count). The van der Waals surface area contributed by atoms with E-state index in [0.29, 0.717) is 0 Å². The molecule has 78 valence electrons. The lowest BCUT2D eigenvalue weighted by Gasteiger charge is -2.09. The molecule has 0 saturated heterocycles. The molecule has 0 bridgehead atoms. The number of hydrogen-bond donors (Lipinski definition) is 0. The summed E-state index contributed by atoms with van der Waals surface area (Å²) in [7, 11) is 1.21. The molecule has 0 spiro atoms. The second-order valence-corrected chi connectivity index (χ2v) is 3.00. The summed E-state index contributed by atoms with van der Waals surface area (Å²) in [6, 6.07) is 0. The molecule has 6 heteroatoms. The SMILES string of the molecule is COc1c(CBr)ncc(C(F)F)c1F. The number of aromatic nitrogens is 1. The number of halogens is 4. The predicted molar refractivity (Wildman–Crippen MR) is 48.3 cm³/mol. The van der Waals surface area contributed by atoms with Crippen LogP contribution < -0.4 is 4.74 Å². The largest absolute Gasteiger partial charge is 0.492 e. The maximum atomic E-state index is 13.3. The van der Waals surface area contributed by atoms with Crippen LogP contribution in [-0.2, 0) is 5.33 Å². The highest BCUT2D eigenvalue weighted by molar-refractivity contribution is 9.08. The minimum Gasteiger partial charge on any atom is -0.492 e. The van der Waals surface area contributed by atoms with Gasteiger partial charge in [0.2, 0.25) is 0 Å². The lowest BCUT2D eigenvalue weighted by molar-refractivity contribution is 0.144. The van der Waals surface area contributed by atoms with Crippen molar-refractivity contribution in [3.8, 4) is 5.75 Å². The zero-order valence-corrected chi connectivity index (χ0v) is 8.82. The second-order valence-electron chi connectivity index (χ2n) is 2.44. The Balaban J connectivity index is 3.27. The first-order valence-electron chi connectivity index (χ1n) is 3.67. The minimum absolute atomic E-state index is 0.236. The fourth-order valence-electron chi connectivity index (χ4n) is 0.975. The Morgan fingerprint density at radius 3 is 2.64 bits per heavy atom. The van der Waals surface area contributed by atoms with Crippen molar-refractivity contribution in [1.29, 1.82) is 0 Å². The van der Waals surface area contributed by atoms with Crippen LogP contribution >= 0.6 is 15.9 Å². The molecular weight excluding hydrogens is 263 g/mol. The summed E-state index contributed by atoms with van der Waals surface area (Å²) < 4.78 is 42.4. The number of alkyl halides is 3. The first kappa shape index (κ1) is 11.3. The topological polar surface area (TPSA) is 22.1 Å². The molecule has 0 aromatic carbocycles. The number of ether oxygens (including phenoxy) is 1. The highest BCUT2D eigenvalue weighted by Gasteiger charge is 2.20. The van der Waals surface area contributed by atoms with E-state index in [1.165, 1.54) is 7.11 Å². The van der Waals surface area contributed by atoms with Crippen LogP contribution in [-0.4, -0.2) is 12.1 Å². The van der Waals surface area contributed by atoms with Crippen molar-refractivity contribution < 1.29 is 17.9 Å². The molecule has 14 heavy (non-hydrogen) atoms. The van der Waals surface area contributed by atoms with Gasteiger partial charge in [-0.05, 0) is 0 Å². The normalized spacial score (nSPS) is 10.7. The second kappa shape index (κ2) is 4.63. The van der Waals surface area contributed by atoms with Crippen LogP contribution in [0.4, 0.5) is 13.2 Å². The maximum absolute atomic E-state index is 13.3. The van der Waals surface area contributed by atoms with Gasteiger partial charge < -0.3 is 4.74 Å². The van der Waals surface area contributed by atoms with Gasteiger partial charge in [-0.15, -0.1) is 0 Å². The van der Waals surface area contributed by atoms with Crippen molar-refractivity contribution in [1.82, 2.24) is 4.98 Å². The number of pyridine rings is 1. The van der Waals surface area contributed by atoms with E-state index in [2.05, 4.69) is 25.7 Å². The van der Waals surface area contributed by atoms with Crippen LogP contribution in [0.15, 0.2) is 6.20 Å². The summed E-state index contributed by atoms with van der Waals surface area (Å²) >= 11 is 3.05. The number of nitrogens with zero attached hydrogens (tertiary/aromatic N) is 1. The molecule has 1 heterocycles. The molecule has 0 aliphatic heterocycles. The molecule has 1 aromatic rings. The zero-order valence-electron chi connectivity index (χ0n) is 7.23. The third-order valence-corrected chi connectivity index (χ3v) is 2.17. The summed E-state index contributed by atoms with van der Waals surface area (Å²) in [6.45, 7) is 0. The van der Waals surface area contributed by atoms with E-state index in [1.54, 1.807) is 0 Å². The monoisotopic (exact) mass is 269 g/mol. The van der Waals surface area contributed by atoms with Gasteiger partial charge in [0.05, 0.1) is 18.4 Å². The Labute approximate surface area is 87.2 Å². The van der Waals surface area contributed by atoms with E-state index in [0.717, 1.165) is 6.20 Å². The third-order valence-electron chi connectivity index (χ3n) is 1.64. The average molecular weight is 270 g/mol. The van der Waals surface area contributed by atoms with Gasteiger partial charge in [0.25, 0.3) is 6.43 Å². The summed E-state index contributed by atoms with van der Waals surface area (Å²) in [5.74, 6) is -1.29. The van der Waals surface area contributed by atoms with Gasteiger partial charge in [0.1, 0.15) is 0 Å². The zero-order chi connectivity index (χ0) is 10.7. The first-order chi connectivity index (χ1) is 6.61. The third kappa shape index (κ3) is 2.00. The highest BCUT2D eigenvalue weighted by atomic mass is 79.9. The average Bonchev–Trinajstić information content (AvgIpc) is 2.16. The minimum atomic E-state index is -2.89. The van der Waals surface area contributed by atoms with Crippen molar-refractivity contribution >= 4 is 15.9 Å². The van der Waals surface area contributed by atoms with Gasteiger partial charge in [-0.1, -0.05) is 15.9 Å². The standard InChI is InChI=1S/C8H7BrF3NO/c1-14-7-5(2-9)13-3-4(6(7)10)8(11)12/h3,8H,2H2,1H3. The Kier molecular flexibility index (Phi) is 3.74. The van der Waals surface area contributed by atoms with Gasteiger partial charge in [-0.2, -0.15) is 0 Å². The molecule has 0 aliphatic carbocycles. The number of rotatable bonds is 3. The molecule has 0 fully saturated rings. The molecule has 2 nitrogen and oxygen atoms in total. The molecule has 0 aliphatic rings. The summed E-state index contributed by atoms with van der Waals surface area (Å²) in [5, 5.41) is 0.247. The van der Waals surface area contributed by atoms with Crippen LogP contribution in [0.1, 0.15) is 17.7 Å². The summed E-state index contributed by atoms with van der Waals surface area (Å²) in [4.78, 5) is 3.66. The Bertz CT molecular complexity index is 333. The Morgan fingerprint density at radius 2 is 2.21 bits per heavy atom. The highest BCUT2D eigenvalue weighted by Crippen LogP contribution is 2.30. The summed E-state index contributed by atoms with van der Waals surface area (Å²) in [5.41, 5.74) is -0.485. The van der Waals surface area contributed by atoms with E-state index in [9.17, 15) is 13.2 Å². The van der Waals surface area contributed by atoms with Crippen molar-refractivity contribution in [2.45, 2.75) is 11.8 Å². The fourth-order valence-corrected chi connectivity index (χ4v) is 1.37. The van der Waals surface area contributed by atoms with E-state index in [4.69, 9.17) is 0 Å². The summed E-state index contributed by atoms with van der Waals surface area (Å²) in [6.07, 6.45) is -2.07. The molecule has 0 radical (unpaired) electrons.